The van der Waals surface area contributed by atoms with Crippen LogP contribution in [0.5, 0.6) is 0 Å². The van der Waals surface area contributed by atoms with Crippen LogP contribution in [-0.2, 0) is 4.79 Å². The highest BCUT2D eigenvalue weighted by Gasteiger charge is 2.13. The Labute approximate surface area is 173 Å². The zero-order valence-electron chi connectivity index (χ0n) is 15.3. The van der Waals surface area contributed by atoms with E-state index in [4.69, 9.17) is 0 Å². The Morgan fingerprint density at radius 1 is 1.20 bits per heavy atom. The Balaban J connectivity index is 1.51. The van der Waals surface area contributed by atoms with E-state index in [-0.39, 0.29) is 28.1 Å². The van der Waals surface area contributed by atoms with Crippen molar-refractivity contribution < 1.29 is 9.72 Å². The molecule has 0 aliphatic heterocycles. The van der Waals surface area contributed by atoms with Gasteiger partial charge in [-0.3, -0.25) is 19.7 Å². The molecule has 0 saturated carbocycles. The molecule has 0 radical (unpaired) electrons. The highest BCUT2D eigenvalue weighted by molar-refractivity contribution is 7.99. The molecule has 0 aliphatic carbocycles. The number of aromatic nitrogens is 4. The molecular weight excluding hydrogens is 408 g/mol. The van der Waals surface area contributed by atoms with Gasteiger partial charge in [0.15, 0.2) is 10.8 Å². The first-order valence-electron chi connectivity index (χ1n) is 8.72. The smallest absolute Gasteiger partial charge is 0.271 e. The van der Waals surface area contributed by atoms with E-state index in [2.05, 4.69) is 20.4 Å². The van der Waals surface area contributed by atoms with Crippen molar-refractivity contribution in [1.29, 1.82) is 0 Å². The molecule has 0 aliphatic rings. The predicted molar refractivity (Wildman–Crippen MR) is 112 cm³/mol. The van der Waals surface area contributed by atoms with Gasteiger partial charge in [0.25, 0.3) is 11.2 Å². The summed E-state index contributed by atoms with van der Waals surface area (Å²) in [4.78, 5) is 41.9. The number of carbonyl (C=O) groups excluding carboxylic acids is 1. The van der Waals surface area contributed by atoms with Crippen LogP contribution < -0.4 is 10.9 Å². The number of nitro groups is 1. The summed E-state index contributed by atoms with van der Waals surface area (Å²) < 4.78 is 1.55. The Morgan fingerprint density at radius 2 is 2.00 bits per heavy atom. The number of hydrogen-bond acceptors (Lipinski definition) is 7. The SMILES string of the molecule is O=C(CSc1nc2c(cnn2-c2ccccc2)c(=O)[nH]1)Nc1cccc([N+](=O)[O-])c1. The lowest BCUT2D eigenvalue weighted by molar-refractivity contribution is -0.384. The van der Waals surface area contributed by atoms with Crippen LogP contribution in [-0.4, -0.2) is 36.3 Å². The second-order valence-corrected chi connectivity index (χ2v) is 7.11. The van der Waals surface area contributed by atoms with Crippen LogP contribution in [0.15, 0.2) is 70.7 Å². The van der Waals surface area contributed by atoms with Crippen molar-refractivity contribution in [3.63, 3.8) is 0 Å². The van der Waals surface area contributed by atoms with Crippen LogP contribution in [0, 0.1) is 10.1 Å². The van der Waals surface area contributed by atoms with Crippen molar-refractivity contribution in [3.8, 4) is 5.69 Å². The minimum absolute atomic E-state index is 0.0450. The molecule has 1 amide bonds. The Hall–Kier alpha value is -3.99. The summed E-state index contributed by atoms with van der Waals surface area (Å²) >= 11 is 1.04. The third kappa shape index (κ3) is 4.05. The van der Waals surface area contributed by atoms with E-state index >= 15 is 0 Å². The van der Waals surface area contributed by atoms with Crippen molar-refractivity contribution in [2.75, 3.05) is 11.1 Å². The molecule has 0 unspecified atom stereocenters. The summed E-state index contributed by atoms with van der Waals surface area (Å²) in [5.74, 6) is -0.434. The lowest BCUT2D eigenvalue weighted by atomic mass is 10.3. The number of thioether (sulfide) groups is 1. The van der Waals surface area contributed by atoms with E-state index in [1.165, 1.54) is 24.4 Å². The molecule has 2 N–H and O–H groups in total. The highest BCUT2D eigenvalue weighted by atomic mass is 32.2. The molecule has 0 spiro atoms. The summed E-state index contributed by atoms with van der Waals surface area (Å²) in [6, 6.07) is 14.9. The molecule has 30 heavy (non-hydrogen) atoms. The first kappa shape index (κ1) is 19.3. The van der Waals surface area contributed by atoms with Gasteiger partial charge in [0.05, 0.1) is 22.6 Å². The van der Waals surface area contributed by atoms with Crippen molar-refractivity contribution in [2.24, 2.45) is 0 Å². The molecule has 0 atom stereocenters. The lowest BCUT2D eigenvalue weighted by Gasteiger charge is -2.06. The van der Waals surface area contributed by atoms with Gasteiger partial charge in [0.1, 0.15) is 5.39 Å². The zero-order valence-corrected chi connectivity index (χ0v) is 16.1. The van der Waals surface area contributed by atoms with Crippen molar-refractivity contribution in [2.45, 2.75) is 5.16 Å². The first-order valence-corrected chi connectivity index (χ1v) is 9.70. The van der Waals surface area contributed by atoms with Crippen molar-refractivity contribution in [1.82, 2.24) is 19.7 Å². The number of nitrogens with one attached hydrogen (secondary N) is 2. The minimum Gasteiger partial charge on any atom is -0.325 e. The molecule has 2 heterocycles. The number of para-hydroxylation sites is 1. The fourth-order valence-corrected chi connectivity index (χ4v) is 3.41. The van der Waals surface area contributed by atoms with E-state index in [1.807, 2.05) is 30.3 Å². The van der Waals surface area contributed by atoms with Crippen LogP contribution in [0.4, 0.5) is 11.4 Å². The van der Waals surface area contributed by atoms with Crippen LogP contribution in [0.1, 0.15) is 0 Å². The van der Waals surface area contributed by atoms with Gasteiger partial charge in [-0.2, -0.15) is 5.10 Å². The number of nitro benzene ring substituents is 1. The molecule has 2 aromatic heterocycles. The number of hydrogen-bond donors (Lipinski definition) is 2. The molecule has 0 fully saturated rings. The number of benzene rings is 2. The Bertz CT molecular complexity index is 1300. The maximum Gasteiger partial charge on any atom is 0.271 e. The van der Waals surface area contributed by atoms with Crippen LogP contribution >= 0.6 is 11.8 Å². The van der Waals surface area contributed by atoms with E-state index in [9.17, 15) is 19.7 Å². The number of H-pyrrole nitrogens is 1. The quantitative estimate of drug-likeness (QED) is 0.211. The van der Waals surface area contributed by atoms with Crippen LogP contribution in [0.25, 0.3) is 16.7 Å². The molecule has 11 heteroatoms. The summed E-state index contributed by atoms with van der Waals surface area (Å²) in [6.07, 6.45) is 1.44. The van der Waals surface area contributed by atoms with Crippen LogP contribution in [0.2, 0.25) is 0 Å². The molecule has 4 rings (SSSR count). The largest absolute Gasteiger partial charge is 0.325 e. The van der Waals surface area contributed by atoms with E-state index in [0.717, 1.165) is 17.4 Å². The van der Waals surface area contributed by atoms with Crippen molar-refractivity contribution in [3.05, 3.63) is 81.3 Å². The third-order valence-electron chi connectivity index (χ3n) is 4.10. The molecular formula is C19H14N6O4S. The number of carbonyl (C=O) groups is 1. The number of aromatic amines is 1. The van der Waals surface area contributed by atoms with Gasteiger partial charge in [-0.05, 0) is 18.2 Å². The Kier molecular flexibility index (Phi) is 5.26. The molecule has 10 nitrogen and oxygen atoms in total. The van der Waals surface area contributed by atoms with Gasteiger partial charge in [-0.25, -0.2) is 9.67 Å². The maximum absolute atomic E-state index is 12.4. The number of amides is 1. The number of fused-ring (bicyclic) bond motifs is 1. The summed E-state index contributed by atoms with van der Waals surface area (Å²) in [5, 5.41) is 18.3. The zero-order chi connectivity index (χ0) is 21.1. The van der Waals surface area contributed by atoms with E-state index in [1.54, 1.807) is 10.7 Å². The number of rotatable bonds is 6. The van der Waals surface area contributed by atoms with Crippen LogP contribution in [0.3, 0.4) is 0 Å². The molecule has 4 aromatic rings. The molecule has 150 valence electrons. The summed E-state index contributed by atoms with van der Waals surface area (Å²) in [7, 11) is 0. The van der Waals surface area contributed by atoms with Gasteiger partial charge in [0.2, 0.25) is 5.91 Å². The second kappa shape index (κ2) is 8.17. The minimum atomic E-state index is -0.538. The Morgan fingerprint density at radius 3 is 2.77 bits per heavy atom. The fraction of sp³-hybridized carbons (Fsp3) is 0.0526. The van der Waals surface area contributed by atoms with E-state index < -0.39 is 4.92 Å². The normalized spacial score (nSPS) is 10.8. The van der Waals surface area contributed by atoms with E-state index in [0.29, 0.717) is 16.7 Å². The standard InChI is InChI=1S/C19H14N6O4S/c26-16(21-12-5-4-8-14(9-12)25(28)29)11-30-19-22-17-15(18(27)23-19)10-20-24(17)13-6-2-1-3-7-13/h1-10H,11H2,(H,21,26)(H,22,23,27). The highest BCUT2D eigenvalue weighted by Crippen LogP contribution is 2.20. The lowest BCUT2D eigenvalue weighted by Crippen LogP contribution is -2.15. The van der Waals surface area contributed by atoms with Gasteiger partial charge in [-0.1, -0.05) is 36.0 Å². The monoisotopic (exact) mass is 422 g/mol. The molecule has 0 saturated heterocycles. The maximum atomic E-state index is 12.4. The number of non-ortho nitro benzene ring substituents is 1. The summed E-state index contributed by atoms with van der Waals surface area (Å²) in [6.45, 7) is 0. The number of nitrogens with zero attached hydrogens (tertiary/aromatic N) is 4. The predicted octanol–water partition coefficient (Wildman–Crippen LogP) is 2.75. The van der Waals surface area contributed by atoms with Gasteiger partial charge >= 0.3 is 0 Å². The average molecular weight is 422 g/mol. The average Bonchev–Trinajstić information content (AvgIpc) is 3.18. The van der Waals surface area contributed by atoms with Gasteiger partial charge in [-0.15, -0.1) is 0 Å². The first-order chi connectivity index (χ1) is 14.5. The van der Waals surface area contributed by atoms with Crippen molar-refractivity contribution >= 4 is 40.1 Å². The van der Waals surface area contributed by atoms with Gasteiger partial charge < -0.3 is 10.3 Å². The number of anilines is 1. The second-order valence-electron chi connectivity index (χ2n) is 6.14. The summed E-state index contributed by atoms with van der Waals surface area (Å²) in [5.41, 5.74) is 0.972. The third-order valence-corrected chi connectivity index (χ3v) is 4.97. The fourth-order valence-electron chi connectivity index (χ4n) is 2.75. The molecule has 2 aromatic carbocycles. The topological polar surface area (TPSA) is 136 Å². The molecule has 0 bridgehead atoms. The van der Waals surface area contributed by atoms with Gasteiger partial charge in [0, 0.05) is 17.8 Å².